The van der Waals surface area contributed by atoms with Crippen molar-refractivity contribution in [3.05, 3.63) is 72.7 Å². The number of nitrogen functional groups attached to an aromatic ring is 1. The molecule has 2 heterocycles. The summed E-state index contributed by atoms with van der Waals surface area (Å²) in [4.78, 5) is 11.3. The number of aliphatic hydroxyl groups excluding tert-OH is 1. The van der Waals surface area contributed by atoms with Crippen LogP contribution in [0.15, 0.2) is 67.1 Å². The minimum absolute atomic E-state index is 0.212. The van der Waals surface area contributed by atoms with Crippen LogP contribution in [0.3, 0.4) is 0 Å². The highest BCUT2D eigenvalue weighted by atomic mass is 16.2. The second-order valence-corrected chi connectivity index (χ2v) is 9.52. The Morgan fingerprint density at radius 3 is 2.63 bits per heavy atom. The molecule has 0 atom stereocenters. The van der Waals surface area contributed by atoms with Gasteiger partial charge in [-0.05, 0) is 61.4 Å². The Bertz CT molecular complexity index is 1270. The van der Waals surface area contributed by atoms with Crippen molar-refractivity contribution in [2.24, 2.45) is 11.7 Å². The van der Waals surface area contributed by atoms with Crippen molar-refractivity contribution in [1.82, 2.24) is 14.5 Å². The highest BCUT2D eigenvalue weighted by molar-refractivity contribution is 6.01. The SMILES string of the molecule is NCC1CC(n2cc(-c3cccc(N(CCCCO)Cc4ccccc4)c3)c3c(N)ncnc32)C1. The number of hydrogen-bond acceptors (Lipinski definition) is 6. The van der Waals surface area contributed by atoms with Gasteiger partial charge >= 0.3 is 0 Å². The quantitative estimate of drug-likeness (QED) is 0.297. The van der Waals surface area contributed by atoms with E-state index in [2.05, 4.69) is 74.2 Å². The normalized spacial score (nSPS) is 17.4. The van der Waals surface area contributed by atoms with Gasteiger partial charge in [0.15, 0.2) is 0 Å². The van der Waals surface area contributed by atoms with E-state index >= 15 is 0 Å². The second-order valence-electron chi connectivity index (χ2n) is 9.52. The first-order valence-corrected chi connectivity index (χ1v) is 12.5. The molecule has 7 heteroatoms. The molecular formula is C28H34N6O. The Hall–Kier alpha value is -3.42. The maximum Gasteiger partial charge on any atom is 0.146 e. The van der Waals surface area contributed by atoms with Gasteiger partial charge in [0.05, 0.1) is 5.39 Å². The van der Waals surface area contributed by atoms with Gasteiger partial charge in [-0.3, -0.25) is 0 Å². The van der Waals surface area contributed by atoms with E-state index in [1.165, 1.54) is 5.56 Å². The number of unbranched alkanes of at least 4 members (excludes halogenated alkanes) is 1. The Balaban J connectivity index is 1.51. The van der Waals surface area contributed by atoms with E-state index in [9.17, 15) is 5.11 Å². The van der Waals surface area contributed by atoms with E-state index in [-0.39, 0.29) is 6.61 Å². The molecule has 0 amide bonds. The van der Waals surface area contributed by atoms with Gasteiger partial charge in [-0.15, -0.1) is 0 Å². The molecule has 0 bridgehead atoms. The topological polar surface area (TPSA) is 106 Å². The first kappa shape index (κ1) is 23.3. The number of aromatic nitrogens is 3. The summed E-state index contributed by atoms with van der Waals surface area (Å²) in [6.07, 6.45) is 7.60. The maximum atomic E-state index is 9.31. The predicted octanol–water partition coefficient (Wildman–Crippen LogP) is 4.37. The van der Waals surface area contributed by atoms with Crippen molar-refractivity contribution < 1.29 is 5.11 Å². The standard InChI is InChI=1S/C28H34N6O/c29-16-21-13-24(14-21)34-18-25(26-27(30)31-19-32-28(26)34)22-9-6-10-23(15-22)33(11-4-5-12-35)17-20-7-2-1-3-8-20/h1-3,6-10,15,18-19,21,24,35H,4-5,11-14,16-17,29H2,(H2,30,31,32). The van der Waals surface area contributed by atoms with Crippen LogP contribution in [-0.4, -0.2) is 39.3 Å². The molecule has 2 aromatic carbocycles. The van der Waals surface area contributed by atoms with Crippen molar-refractivity contribution >= 4 is 22.5 Å². The number of fused-ring (bicyclic) bond motifs is 1. The van der Waals surface area contributed by atoms with Gasteiger partial charge in [0, 0.05) is 43.2 Å². The summed E-state index contributed by atoms with van der Waals surface area (Å²) < 4.78 is 2.27. The van der Waals surface area contributed by atoms with Gasteiger partial charge in [-0.2, -0.15) is 0 Å². The monoisotopic (exact) mass is 470 g/mol. The van der Waals surface area contributed by atoms with Crippen molar-refractivity contribution in [2.45, 2.75) is 38.3 Å². The fourth-order valence-corrected chi connectivity index (χ4v) is 5.11. The molecule has 1 fully saturated rings. The zero-order valence-electron chi connectivity index (χ0n) is 20.1. The van der Waals surface area contributed by atoms with E-state index in [0.717, 1.165) is 73.2 Å². The molecule has 2 aromatic heterocycles. The maximum absolute atomic E-state index is 9.31. The molecule has 1 aliphatic carbocycles. The van der Waals surface area contributed by atoms with Gasteiger partial charge in [0.2, 0.25) is 0 Å². The number of nitrogens with two attached hydrogens (primary N) is 2. The second kappa shape index (κ2) is 10.5. The first-order valence-electron chi connectivity index (χ1n) is 12.5. The molecule has 0 saturated heterocycles. The lowest BCUT2D eigenvalue weighted by Gasteiger charge is -2.35. The van der Waals surface area contributed by atoms with Crippen LogP contribution in [0.5, 0.6) is 0 Å². The van der Waals surface area contributed by atoms with Gasteiger partial charge in [-0.25, -0.2) is 9.97 Å². The fraction of sp³-hybridized carbons (Fsp3) is 0.357. The van der Waals surface area contributed by atoms with Crippen molar-refractivity contribution in [2.75, 3.05) is 30.3 Å². The van der Waals surface area contributed by atoms with Crippen LogP contribution in [0, 0.1) is 5.92 Å². The van der Waals surface area contributed by atoms with Crippen molar-refractivity contribution in [3.63, 3.8) is 0 Å². The largest absolute Gasteiger partial charge is 0.396 e. The third kappa shape index (κ3) is 4.88. The third-order valence-electron chi connectivity index (χ3n) is 7.15. The number of aliphatic hydroxyl groups is 1. The highest BCUT2D eigenvalue weighted by Gasteiger charge is 2.31. The van der Waals surface area contributed by atoms with Crippen LogP contribution in [-0.2, 0) is 6.54 Å². The van der Waals surface area contributed by atoms with E-state index in [4.69, 9.17) is 11.5 Å². The summed E-state index contributed by atoms with van der Waals surface area (Å²) in [6, 6.07) is 19.5. The smallest absolute Gasteiger partial charge is 0.146 e. The van der Waals surface area contributed by atoms with Gasteiger partial charge < -0.3 is 26.0 Å². The Kier molecular flexibility index (Phi) is 6.97. The first-order chi connectivity index (χ1) is 17.2. The van der Waals surface area contributed by atoms with Gasteiger partial charge in [0.1, 0.15) is 17.8 Å². The summed E-state index contributed by atoms with van der Waals surface area (Å²) >= 11 is 0. The molecule has 0 spiro atoms. The van der Waals surface area contributed by atoms with E-state index in [1.807, 2.05) is 6.07 Å². The van der Waals surface area contributed by atoms with E-state index in [0.29, 0.717) is 17.8 Å². The lowest BCUT2D eigenvalue weighted by molar-refractivity contribution is 0.209. The lowest BCUT2D eigenvalue weighted by atomic mass is 9.80. The average molecular weight is 471 g/mol. The summed E-state index contributed by atoms with van der Waals surface area (Å²) in [6.45, 7) is 2.62. The number of benzene rings is 2. The molecule has 0 unspecified atom stereocenters. The molecule has 35 heavy (non-hydrogen) atoms. The summed E-state index contributed by atoms with van der Waals surface area (Å²) in [5.41, 5.74) is 17.7. The van der Waals surface area contributed by atoms with E-state index in [1.54, 1.807) is 6.33 Å². The molecule has 5 rings (SSSR count). The van der Waals surface area contributed by atoms with E-state index < -0.39 is 0 Å². The third-order valence-corrected chi connectivity index (χ3v) is 7.15. The van der Waals surface area contributed by atoms with Crippen LogP contribution in [0.1, 0.15) is 37.3 Å². The molecule has 7 nitrogen and oxygen atoms in total. The van der Waals surface area contributed by atoms with Gasteiger partial charge in [0.25, 0.3) is 0 Å². The van der Waals surface area contributed by atoms with Gasteiger partial charge in [-0.1, -0.05) is 42.5 Å². The molecular weight excluding hydrogens is 436 g/mol. The van der Waals surface area contributed by atoms with Crippen LogP contribution >= 0.6 is 0 Å². The zero-order chi connectivity index (χ0) is 24.2. The molecule has 1 aliphatic rings. The molecule has 5 N–H and O–H groups in total. The minimum atomic E-state index is 0.212. The molecule has 1 saturated carbocycles. The Morgan fingerprint density at radius 1 is 1.03 bits per heavy atom. The number of rotatable bonds is 10. The molecule has 182 valence electrons. The van der Waals surface area contributed by atoms with Crippen LogP contribution in [0.2, 0.25) is 0 Å². The number of hydrogen-bond donors (Lipinski definition) is 3. The zero-order valence-corrected chi connectivity index (χ0v) is 20.1. The molecule has 0 aliphatic heterocycles. The number of nitrogens with zero attached hydrogens (tertiary/aromatic N) is 4. The van der Waals surface area contributed by atoms with Crippen molar-refractivity contribution in [1.29, 1.82) is 0 Å². The lowest BCUT2D eigenvalue weighted by Crippen LogP contribution is -2.31. The Morgan fingerprint density at radius 2 is 1.86 bits per heavy atom. The summed E-state index contributed by atoms with van der Waals surface area (Å²) in [7, 11) is 0. The highest BCUT2D eigenvalue weighted by Crippen LogP contribution is 2.42. The average Bonchev–Trinajstić information content (AvgIpc) is 3.24. The predicted molar refractivity (Wildman–Crippen MR) is 142 cm³/mol. The summed E-state index contributed by atoms with van der Waals surface area (Å²) in [5.74, 6) is 1.09. The van der Waals surface area contributed by atoms with Crippen LogP contribution < -0.4 is 16.4 Å². The minimum Gasteiger partial charge on any atom is -0.396 e. The Labute approximate surface area is 206 Å². The summed E-state index contributed by atoms with van der Waals surface area (Å²) in [5, 5.41) is 10.2. The van der Waals surface area contributed by atoms with Crippen molar-refractivity contribution in [3.8, 4) is 11.1 Å². The molecule has 4 aromatic rings. The molecule has 0 radical (unpaired) electrons. The fourth-order valence-electron chi connectivity index (χ4n) is 5.11. The van der Waals surface area contributed by atoms with Crippen LogP contribution in [0.25, 0.3) is 22.2 Å². The van der Waals surface area contributed by atoms with Crippen LogP contribution in [0.4, 0.5) is 11.5 Å². The number of anilines is 2.